The van der Waals surface area contributed by atoms with E-state index in [1.54, 1.807) is 6.20 Å². The Labute approximate surface area is 212 Å². The highest BCUT2D eigenvalue weighted by molar-refractivity contribution is 5.89. The lowest BCUT2D eigenvalue weighted by molar-refractivity contribution is -0.137. The molecule has 10 heteroatoms. The van der Waals surface area contributed by atoms with E-state index < -0.39 is 17.2 Å². The van der Waals surface area contributed by atoms with Gasteiger partial charge < -0.3 is 20.5 Å². The van der Waals surface area contributed by atoms with Gasteiger partial charge >= 0.3 is 6.18 Å². The number of carbonyl (C=O) groups excluding carboxylic acids is 1. The number of carbonyl (C=O) groups is 1. The van der Waals surface area contributed by atoms with E-state index in [1.165, 1.54) is 6.07 Å². The number of piperidine rings is 1. The molecule has 0 unspecified atom stereocenters. The van der Waals surface area contributed by atoms with Crippen molar-refractivity contribution in [2.24, 2.45) is 12.8 Å². The van der Waals surface area contributed by atoms with E-state index in [9.17, 15) is 23.2 Å². The maximum Gasteiger partial charge on any atom is 0.416 e. The number of aryl methyl sites for hydroxylation is 1. The molecule has 1 aromatic carbocycles. The Morgan fingerprint density at radius 2 is 1.95 bits per heavy atom. The van der Waals surface area contributed by atoms with Crippen molar-refractivity contribution in [1.82, 2.24) is 14.9 Å². The molecule has 192 valence electrons. The smallest absolute Gasteiger partial charge is 0.370 e. The number of halogens is 3. The molecule has 1 aliphatic heterocycles. The first kappa shape index (κ1) is 24.8. The quantitative estimate of drug-likeness (QED) is 0.547. The number of nitrogens with zero attached hydrogens (tertiary/aromatic N) is 4. The molecule has 2 atom stereocenters. The first-order valence-electron chi connectivity index (χ1n) is 12.1. The lowest BCUT2D eigenvalue weighted by Gasteiger charge is -2.42. The number of rotatable bonds is 5. The van der Waals surface area contributed by atoms with Crippen LogP contribution >= 0.6 is 0 Å². The van der Waals surface area contributed by atoms with Crippen molar-refractivity contribution >= 4 is 11.6 Å². The summed E-state index contributed by atoms with van der Waals surface area (Å²) in [5, 5.41) is 12.6. The fraction of sp³-hybridized carbons (Fsp3) is 0.370. The second-order valence-electron chi connectivity index (χ2n) is 9.83. The van der Waals surface area contributed by atoms with Gasteiger partial charge in [-0.05, 0) is 61.2 Å². The topological polar surface area (TPSA) is 100.0 Å². The zero-order valence-electron chi connectivity index (χ0n) is 20.3. The Hall–Kier alpha value is -3.84. The minimum absolute atomic E-state index is 0.0377. The van der Waals surface area contributed by atoms with Crippen molar-refractivity contribution < 1.29 is 18.0 Å². The van der Waals surface area contributed by atoms with E-state index in [4.69, 9.17) is 5.73 Å². The first-order valence-corrected chi connectivity index (χ1v) is 12.1. The van der Waals surface area contributed by atoms with Crippen LogP contribution in [0.1, 0.15) is 36.0 Å². The minimum Gasteiger partial charge on any atom is -0.370 e. The molecule has 5 rings (SSSR count). The van der Waals surface area contributed by atoms with Crippen LogP contribution in [-0.2, 0) is 23.4 Å². The van der Waals surface area contributed by atoms with Gasteiger partial charge in [0, 0.05) is 44.6 Å². The second-order valence-corrected chi connectivity index (χ2v) is 9.83. The van der Waals surface area contributed by atoms with Gasteiger partial charge in [-0.25, -0.2) is 0 Å². The molecule has 1 amide bonds. The standard InChI is InChI=1S/C27H27F3N6O/c1-35-10-2-3-24(35)21-6-4-19(16-33-21)26(25(37)34-22-14-20(22)32)8-11-36(12-9-26)23-7-5-18(27(28,29)30)13-17(23)15-31/h2-7,10,13,16,20,22H,8-9,11-12,14,32H2,1H3,(H,34,37)/t20-,22+/m0/s1. The zero-order chi connectivity index (χ0) is 26.4. The molecule has 2 aromatic heterocycles. The molecule has 0 spiro atoms. The summed E-state index contributed by atoms with van der Waals surface area (Å²) in [5.41, 5.74) is 7.14. The predicted molar refractivity (Wildman–Crippen MR) is 132 cm³/mol. The third-order valence-corrected chi connectivity index (χ3v) is 7.52. The number of hydrogen-bond acceptors (Lipinski definition) is 5. The molecule has 37 heavy (non-hydrogen) atoms. The zero-order valence-corrected chi connectivity index (χ0v) is 20.3. The third-order valence-electron chi connectivity index (χ3n) is 7.52. The van der Waals surface area contributed by atoms with Gasteiger partial charge in [-0.15, -0.1) is 0 Å². The van der Waals surface area contributed by atoms with Crippen LogP contribution < -0.4 is 16.0 Å². The molecule has 1 saturated heterocycles. The van der Waals surface area contributed by atoms with Crippen LogP contribution in [-0.4, -0.2) is 40.6 Å². The van der Waals surface area contributed by atoms with Crippen LogP contribution in [0.4, 0.5) is 18.9 Å². The lowest BCUT2D eigenvalue weighted by atomic mass is 9.72. The molecule has 3 heterocycles. The Bertz CT molecular complexity index is 1350. The van der Waals surface area contributed by atoms with Gasteiger partial charge in [0.05, 0.1) is 33.6 Å². The van der Waals surface area contributed by atoms with Gasteiger partial charge in [-0.1, -0.05) is 6.07 Å². The first-order chi connectivity index (χ1) is 17.6. The van der Waals surface area contributed by atoms with Gasteiger partial charge in [0.2, 0.25) is 5.91 Å². The molecular formula is C27H27F3N6O. The monoisotopic (exact) mass is 508 g/mol. The normalized spacial score (nSPS) is 20.8. The highest BCUT2D eigenvalue weighted by Gasteiger charge is 2.46. The van der Waals surface area contributed by atoms with Gasteiger partial charge in [-0.3, -0.25) is 9.78 Å². The van der Waals surface area contributed by atoms with E-state index in [0.29, 0.717) is 31.6 Å². The fourth-order valence-electron chi connectivity index (χ4n) is 5.10. The average molecular weight is 509 g/mol. The number of alkyl halides is 3. The molecule has 0 radical (unpaired) electrons. The summed E-state index contributed by atoms with van der Waals surface area (Å²) < 4.78 is 41.4. The van der Waals surface area contributed by atoms with Crippen LogP contribution in [0.2, 0.25) is 0 Å². The number of amides is 1. The number of hydrogen-bond donors (Lipinski definition) is 2. The summed E-state index contributed by atoms with van der Waals surface area (Å²) >= 11 is 0. The minimum atomic E-state index is -4.53. The molecule has 2 fully saturated rings. The van der Waals surface area contributed by atoms with Crippen molar-refractivity contribution in [3.05, 3.63) is 71.5 Å². The molecule has 7 nitrogen and oxygen atoms in total. The molecule has 0 bridgehead atoms. The van der Waals surface area contributed by atoms with Crippen molar-refractivity contribution in [1.29, 1.82) is 5.26 Å². The number of aromatic nitrogens is 2. The third kappa shape index (κ3) is 4.67. The van der Waals surface area contributed by atoms with Crippen molar-refractivity contribution in [2.45, 2.75) is 42.9 Å². The summed E-state index contributed by atoms with van der Waals surface area (Å²) in [6.45, 7) is 0.785. The van der Waals surface area contributed by atoms with E-state index in [0.717, 1.165) is 35.5 Å². The number of nitrogens with one attached hydrogen (secondary N) is 1. The Kier molecular flexibility index (Phi) is 6.20. The largest absolute Gasteiger partial charge is 0.416 e. The van der Waals surface area contributed by atoms with Gasteiger partial charge in [0.15, 0.2) is 0 Å². The maximum atomic E-state index is 13.6. The van der Waals surface area contributed by atoms with Crippen molar-refractivity contribution in [2.75, 3.05) is 18.0 Å². The molecule has 1 saturated carbocycles. The van der Waals surface area contributed by atoms with E-state index in [1.807, 2.05) is 53.0 Å². The number of nitrogens with two attached hydrogens (primary N) is 1. The van der Waals surface area contributed by atoms with Crippen LogP contribution in [0.15, 0.2) is 54.9 Å². The second kappa shape index (κ2) is 9.23. The Balaban J connectivity index is 1.42. The Morgan fingerprint density at radius 1 is 1.22 bits per heavy atom. The molecular weight excluding hydrogens is 481 g/mol. The predicted octanol–water partition coefficient (Wildman–Crippen LogP) is 3.73. The number of anilines is 1. The van der Waals surface area contributed by atoms with Crippen LogP contribution in [0.25, 0.3) is 11.4 Å². The molecule has 3 N–H and O–H groups in total. The highest BCUT2D eigenvalue weighted by Crippen LogP contribution is 2.40. The number of nitriles is 1. The van der Waals surface area contributed by atoms with Crippen molar-refractivity contribution in [3.8, 4) is 17.5 Å². The Morgan fingerprint density at radius 3 is 2.49 bits per heavy atom. The number of pyridine rings is 1. The molecule has 1 aliphatic carbocycles. The maximum absolute atomic E-state index is 13.6. The SMILES string of the molecule is Cn1cccc1-c1ccc(C2(C(=O)N[C@@H]3C[C@@H]3N)CCN(c3ccc(C(F)(F)F)cc3C#N)CC2)cn1. The van der Waals surface area contributed by atoms with Crippen LogP contribution in [0, 0.1) is 11.3 Å². The summed E-state index contributed by atoms with van der Waals surface area (Å²) in [6.07, 6.45) is 0.710. The van der Waals surface area contributed by atoms with Gasteiger partial charge in [-0.2, -0.15) is 18.4 Å². The van der Waals surface area contributed by atoms with Gasteiger partial charge in [0.25, 0.3) is 0 Å². The van der Waals surface area contributed by atoms with E-state index in [-0.39, 0.29) is 23.6 Å². The van der Waals surface area contributed by atoms with Crippen LogP contribution in [0.3, 0.4) is 0 Å². The van der Waals surface area contributed by atoms with Crippen LogP contribution in [0.5, 0.6) is 0 Å². The fourth-order valence-corrected chi connectivity index (χ4v) is 5.10. The molecule has 3 aromatic rings. The van der Waals surface area contributed by atoms with E-state index >= 15 is 0 Å². The number of benzene rings is 1. The molecule has 2 aliphatic rings. The summed E-state index contributed by atoms with van der Waals surface area (Å²) in [7, 11) is 1.94. The van der Waals surface area contributed by atoms with Gasteiger partial charge in [0.1, 0.15) is 6.07 Å². The van der Waals surface area contributed by atoms with E-state index in [2.05, 4.69) is 10.3 Å². The average Bonchev–Trinajstić information content (AvgIpc) is 3.41. The summed E-state index contributed by atoms with van der Waals surface area (Å²) in [4.78, 5) is 20.1. The van der Waals surface area contributed by atoms with Crippen molar-refractivity contribution in [3.63, 3.8) is 0 Å². The summed E-state index contributed by atoms with van der Waals surface area (Å²) in [5.74, 6) is -0.119. The highest BCUT2D eigenvalue weighted by atomic mass is 19.4. The summed E-state index contributed by atoms with van der Waals surface area (Å²) in [6, 6.07) is 12.7. The lowest BCUT2D eigenvalue weighted by Crippen LogP contribution is -2.53.